The zero-order chi connectivity index (χ0) is 9.40. The van der Waals surface area contributed by atoms with Gasteiger partial charge in [0.15, 0.2) is 0 Å². The molecule has 2 nitrogen and oxygen atoms in total. The van der Waals surface area contributed by atoms with Gasteiger partial charge in [-0.3, -0.25) is 0 Å². The fourth-order valence-corrected chi connectivity index (χ4v) is 1.08. The van der Waals surface area contributed by atoms with E-state index in [2.05, 4.69) is 25.8 Å². The zero-order valence-electron chi connectivity index (χ0n) is 8.71. The summed E-state index contributed by atoms with van der Waals surface area (Å²) < 4.78 is 0. The molecule has 1 N–H and O–H groups in total. The topological polar surface area (TPSA) is 23.5 Å². The third kappa shape index (κ3) is 8.02. The first-order chi connectivity index (χ1) is 5.66. The first-order valence-electron chi connectivity index (χ1n) is 4.96. The van der Waals surface area contributed by atoms with Crippen LogP contribution in [0.15, 0.2) is 0 Å². The molecule has 0 aliphatic carbocycles. The maximum absolute atomic E-state index is 8.58. The van der Waals surface area contributed by atoms with Crippen LogP contribution in [0, 0.1) is 5.92 Å². The Hall–Kier alpha value is -0.0800. The molecule has 0 atom stereocenters. The molecule has 2 heteroatoms. The average Bonchev–Trinajstić information content (AvgIpc) is 2.01. The van der Waals surface area contributed by atoms with E-state index in [0.29, 0.717) is 6.61 Å². The van der Waals surface area contributed by atoms with E-state index >= 15 is 0 Å². The van der Waals surface area contributed by atoms with Crippen molar-refractivity contribution in [3.63, 3.8) is 0 Å². The Balaban J connectivity index is 3.15. The van der Waals surface area contributed by atoms with Gasteiger partial charge in [-0.05, 0) is 45.3 Å². The maximum Gasteiger partial charge on any atom is 0.0431 e. The summed E-state index contributed by atoms with van der Waals surface area (Å²) in [4.78, 5) is 2.34. The summed E-state index contributed by atoms with van der Waals surface area (Å²) in [5.41, 5.74) is 0. The standard InChI is InChI=1S/C10H23NO/c1-10(2)6-8-11(3)7-4-5-9-12/h10,12H,4-9H2,1-3H3. The van der Waals surface area contributed by atoms with Gasteiger partial charge in [-0.2, -0.15) is 0 Å². The predicted octanol–water partition coefficient (Wildman–Crippen LogP) is 1.74. The highest BCUT2D eigenvalue weighted by Crippen LogP contribution is 2.01. The molecule has 0 fully saturated rings. The van der Waals surface area contributed by atoms with Crippen LogP contribution in [0.1, 0.15) is 33.1 Å². The second-order valence-corrected chi connectivity index (χ2v) is 3.92. The minimum Gasteiger partial charge on any atom is -0.396 e. The molecule has 0 rings (SSSR count). The van der Waals surface area contributed by atoms with Gasteiger partial charge in [0.2, 0.25) is 0 Å². The largest absolute Gasteiger partial charge is 0.396 e. The summed E-state index contributed by atoms with van der Waals surface area (Å²) in [7, 11) is 2.15. The molecule has 0 unspecified atom stereocenters. The predicted molar refractivity (Wildman–Crippen MR) is 53.3 cm³/mol. The Kier molecular flexibility index (Phi) is 7.51. The minimum absolute atomic E-state index is 0.331. The van der Waals surface area contributed by atoms with Crippen LogP contribution in [-0.4, -0.2) is 36.8 Å². The maximum atomic E-state index is 8.58. The van der Waals surface area contributed by atoms with Crippen molar-refractivity contribution in [3.05, 3.63) is 0 Å². The quantitative estimate of drug-likeness (QED) is 0.593. The molecule has 0 aromatic carbocycles. The molecule has 12 heavy (non-hydrogen) atoms. The summed E-state index contributed by atoms with van der Waals surface area (Å²) in [5, 5.41) is 8.58. The van der Waals surface area contributed by atoms with Crippen LogP contribution >= 0.6 is 0 Å². The molecule has 0 bridgehead atoms. The van der Waals surface area contributed by atoms with Crippen molar-refractivity contribution in [2.45, 2.75) is 33.1 Å². The van der Waals surface area contributed by atoms with E-state index in [0.717, 1.165) is 25.3 Å². The molecule has 0 aromatic rings. The zero-order valence-corrected chi connectivity index (χ0v) is 8.71. The van der Waals surface area contributed by atoms with Gasteiger partial charge in [0.05, 0.1) is 0 Å². The van der Waals surface area contributed by atoms with Gasteiger partial charge in [0, 0.05) is 6.61 Å². The lowest BCUT2D eigenvalue weighted by molar-refractivity contribution is 0.258. The Morgan fingerprint density at radius 1 is 1.17 bits per heavy atom. The van der Waals surface area contributed by atoms with E-state index in [1.54, 1.807) is 0 Å². The summed E-state index contributed by atoms with van der Waals surface area (Å²) >= 11 is 0. The van der Waals surface area contributed by atoms with E-state index in [4.69, 9.17) is 5.11 Å². The molecule has 0 aliphatic rings. The molecule has 0 saturated heterocycles. The number of nitrogens with zero attached hydrogens (tertiary/aromatic N) is 1. The monoisotopic (exact) mass is 173 g/mol. The van der Waals surface area contributed by atoms with Crippen LogP contribution in [0.2, 0.25) is 0 Å². The normalized spacial score (nSPS) is 11.5. The summed E-state index contributed by atoms with van der Waals surface area (Å²) in [6.07, 6.45) is 3.33. The Bertz CT molecular complexity index is 93.8. The van der Waals surface area contributed by atoms with Crippen molar-refractivity contribution in [2.75, 3.05) is 26.7 Å². The van der Waals surface area contributed by atoms with E-state index in [1.165, 1.54) is 13.0 Å². The number of hydrogen-bond donors (Lipinski definition) is 1. The third-order valence-electron chi connectivity index (χ3n) is 2.04. The smallest absolute Gasteiger partial charge is 0.0431 e. The summed E-state index contributed by atoms with van der Waals surface area (Å²) in [6, 6.07) is 0. The summed E-state index contributed by atoms with van der Waals surface area (Å²) in [5.74, 6) is 0.797. The van der Waals surface area contributed by atoms with E-state index in [-0.39, 0.29) is 0 Å². The van der Waals surface area contributed by atoms with Gasteiger partial charge in [0.1, 0.15) is 0 Å². The van der Waals surface area contributed by atoms with Crippen molar-refractivity contribution in [3.8, 4) is 0 Å². The highest BCUT2D eigenvalue weighted by Gasteiger charge is 1.99. The second-order valence-electron chi connectivity index (χ2n) is 3.92. The van der Waals surface area contributed by atoms with Crippen molar-refractivity contribution in [1.29, 1.82) is 0 Å². The number of aliphatic hydroxyl groups is 1. The van der Waals surface area contributed by atoms with Crippen molar-refractivity contribution >= 4 is 0 Å². The van der Waals surface area contributed by atoms with Gasteiger partial charge in [-0.15, -0.1) is 0 Å². The average molecular weight is 173 g/mol. The van der Waals surface area contributed by atoms with Gasteiger partial charge >= 0.3 is 0 Å². The Morgan fingerprint density at radius 2 is 1.83 bits per heavy atom. The number of unbranched alkanes of at least 4 members (excludes halogenated alkanes) is 1. The SMILES string of the molecule is CC(C)CCN(C)CCCCO. The van der Waals surface area contributed by atoms with E-state index in [1.807, 2.05) is 0 Å². The van der Waals surface area contributed by atoms with E-state index < -0.39 is 0 Å². The summed E-state index contributed by atoms with van der Waals surface area (Å²) in [6.45, 7) is 7.14. The first kappa shape index (κ1) is 11.9. The Labute approximate surface area is 76.6 Å². The van der Waals surface area contributed by atoms with Crippen LogP contribution in [0.5, 0.6) is 0 Å². The lowest BCUT2D eigenvalue weighted by atomic mass is 10.1. The van der Waals surface area contributed by atoms with Crippen molar-refractivity contribution in [2.24, 2.45) is 5.92 Å². The van der Waals surface area contributed by atoms with Crippen LogP contribution in [0.4, 0.5) is 0 Å². The highest BCUT2D eigenvalue weighted by molar-refractivity contribution is 4.54. The fraction of sp³-hybridized carbons (Fsp3) is 1.00. The molecule has 0 saturated carbocycles. The number of rotatable bonds is 7. The molecule has 0 radical (unpaired) electrons. The minimum atomic E-state index is 0.331. The van der Waals surface area contributed by atoms with E-state index in [9.17, 15) is 0 Å². The van der Waals surface area contributed by atoms with Crippen LogP contribution < -0.4 is 0 Å². The number of aliphatic hydroxyl groups excluding tert-OH is 1. The molecular weight excluding hydrogens is 150 g/mol. The van der Waals surface area contributed by atoms with Crippen LogP contribution in [-0.2, 0) is 0 Å². The van der Waals surface area contributed by atoms with Gasteiger partial charge in [-0.25, -0.2) is 0 Å². The van der Waals surface area contributed by atoms with Crippen LogP contribution in [0.25, 0.3) is 0 Å². The second kappa shape index (κ2) is 7.56. The fourth-order valence-electron chi connectivity index (χ4n) is 1.08. The lowest BCUT2D eigenvalue weighted by Gasteiger charge is -2.17. The van der Waals surface area contributed by atoms with Gasteiger partial charge in [-0.1, -0.05) is 13.8 Å². The van der Waals surface area contributed by atoms with Crippen LogP contribution in [0.3, 0.4) is 0 Å². The molecule has 0 aliphatic heterocycles. The number of hydrogen-bond acceptors (Lipinski definition) is 2. The van der Waals surface area contributed by atoms with Gasteiger partial charge < -0.3 is 10.0 Å². The van der Waals surface area contributed by atoms with Gasteiger partial charge in [0.25, 0.3) is 0 Å². The first-order valence-corrected chi connectivity index (χ1v) is 4.96. The third-order valence-corrected chi connectivity index (χ3v) is 2.04. The molecule has 0 spiro atoms. The molecular formula is C10H23NO. The van der Waals surface area contributed by atoms with Crippen molar-refractivity contribution < 1.29 is 5.11 Å². The highest BCUT2D eigenvalue weighted by atomic mass is 16.2. The lowest BCUT2D eigenvalue weighted by Crippen LogP contribution is -2.22. The molecule has 0 amide bonds. The molecule has 74 valence electrons. The molecule has 0 aromatic heterocycles. The molecule has 0 heterocycles. The van der Waals surface area contributed by atoms with Crippen molar-refractivity contribution in [1.82, 2.24) is 4.90 Å². The Morgan fingerprint density at radius 3 is 2.33 bits per heavy atom.